The summed E-state index contributed by atoms with van der Waals surface area (Å²) in [6.45, 7) is 1.47. The van der Waals surface area contributed by atoms with Gasteiger partial charge in [-0.05, 0) is 24.6 Å². The molecule has 5 nitrogen and oxygen atoms in total. The van der Waals surface area contributed by atoms with E-state index in [1.165, 1.54) is 25.0 Å². The van der Waals surface area contributed by atoms with Crippen LogP contribution < -0.4 is 0 Å². The molecule has 0 saturated carbocycles. The molecule has 0 radical (unpaired) electrons. The first-order valence-corrected chi connectivity index (χ1v) is 6.32. The Balaban J connectivity index is 2.87. The minimum absolute atomic E-state index is 0.0169. The van der Waals surface area contributed by atoms with Crippen LogP contribution in [0.1, 0.15) is 18.9 Å². The van der Waals surface area contributed by atoms with Crippen LogP contribution in [0.5, 0.6) is 0 Å². The molecule has 0 fully saturated rings. The van der Waals surface area contributed by atoms with Gasteiger partial charge in [-0.3, -0.25) is 9.59 Å². The average molecular weight is 301 g/mol. The largest absolute Gasteiger partial charge is 0.481 e. The molecule has 1 unspecified atom stereocenters. The van der Waals surface area contributed by atoms with Gasteiger partial charge in [0.1, 0.15) is 6.10 Å². The van der Waals surface area contributed by atoms with E-state index in [0.717, 1.165) is 12.1 Å². The maximum atomic E-state index is 13.2. The van der Waals surface area contributed by atoms with Crippen molar-refractivity contribution in [1.82, 2.24) is 4.90 Å². The van der Waals surface area contributed by atoms with E-state index in [1.807, 2.05) is 0 Å². The van der Waals surface area contributed by atoms with E-state index in [1.54, 1.807) is 0 Å². The fraction of sp³-hybridized carbons (Fsp3) is 0.429. The number of benzene rings is 1. The normalized spacial score (nSPS) is 12.0. The van der Waals surface area contributed by atoms with Crippen LogP contribution in [0.15, 0.2) is 18.2 Å². The number of hydrogen-bond donors (Lipinski definition) is 1. The summed E-state index contributed by atoms with van der Waals surface area (Å²) in [4.78, 5) is 24.0. The molecule has 1 amide bonds. The number of rotatable bonds is 7. The number of carboxylic acids is 1. The zero-order valence-corrected chi connectivity index (χ0v) is 11.8. The number of aliphatic carboxylic acids is 1. The van der Waals surface area contributed by atoms with Gasteiger partial charge in [0, 0.05) is 20.2 Å². The van der Waals surface area contributed by atoms with Crippen molar-refractivity contribution in [2.24, 2.45) is 0 Å². The summed E-state index contributed by atoms with van der Waals surface area (Å²) >= 11 is 0. The van der Waals surface area contributed by atoms with Crippen molar-refractivity contribution in [3.8, 4) is 0 Å². The Labute approximate surface area is 121 Å². The minimum atomic E-state index is -1.05. The fourth-order valence-corrected chi connectivity index (χ4v) is 1.71. The van der Waals surface area contributed by atoms with E-state index in [2.05, 4.69) is 0 Å². The molecule has 0 aliphatic carbocycles. The van der Waals surface area contributed by atoms with Crippen LogP contribution in [0.2, 0.25) is 0 Å². The number of halogens is 2. The lowest BCUT2D eigenvalue weighted by atomic mass is 10.2. The van der Waals surface area contributed by atoms with Crippen LogP contribution in [-0.2, 0) is 20.9 Å². The second-order valence-corrected chi connectivity index (χ2v) is 4.53. The van der Waals surface area contributed by atoms with Gasteiger partial charge >= 0.3 is 5.97 Å². The van der Waals surface area contributed by atoms with Crippen molar-refractivity contribution >= 4 is 11.9 Å². The highest BCUT2D eigenvalue weighted by molar-refractivity contribution is 5.81. The molecule has 0 bridgehead atoms. The lowest BCUT2D eigenvalue weighted by molar-refractivity contribution is -0.143. The molecule has 1 N–H and O–H groups in total. The van der Waals surface area contributed by atoms with Gasteiger partial charge in [-0.1, -0.05) is 6.07 Å². The Morgan fingerprint density at radius 3 is 2.52 bits per heavy atom. The SMILES string of the molecule is COC(C)C(=O)N(CCC(=O)O)Cc1ccc(F)c(F)c1. The summed E-state index contributed by atoms with van der Waals surface area (Å²) in [6.07, 6.45) is -0.990. The molecule has 1 rings (SSSR count). The average Bonchev–Trinajstić information content (AvgIpc) is 2.45. The zero-order chi connectivity index (χ0) is 16.0. The first kappa shape index (κ1) is 17.0. The molecule has 116 valence electrons. The molecular formula is C14H17F2NO4. The van der Waals surface area contributed by atoms with E-state index in [0.29, 0.717) is 5.56 Å². The van der Waals surface area contributed by atoms with Gasteiger partial charge in [-0.25, -0.2) is 8.78 Å². The number of amides is 1. The molecule has 1 aromatic rings. The van der Waals surface area contributed by atoms with Gasteiger partial charge in [0.05, 0.1) is 6.42 Å². The van der Waals surface area contributed by atoms with E-state index in [4.69, 9.17) is 9.84 Å². The van der Waals surface area contributed by atoms with Gasteiger partial charge in [0.15, 0.2) is 11.6 Å². The minimum Gasteiger partial charge on any atom is -0.481 e. The van der Waals surface area contributed by atoms with Crippen LogP contribution >= 0.6 is 0 Å². The van der Waals surface area contributed by atoms with Crippen molar-refractivity contribution in [3.63, 3.8) is 0 Å². The zero-order valence-electron chi connectivity index (χ0n) is 11.8. The molecule has 0 aromatic heterocycles. The van der Waals surface area contributed by atoms with Gasteiger partial charge < -0.3 is 14.7 Å². The van der Waals surface area contributed by atoms with E-state index in [-0.39, 0.29) is 19.5 Å². The molecule has 0 spiro atoms. The Bertz CT molecular complexity index is 522. The standard InChI is InChI=1S/C14H17F2NO4/c1-9(21-2)14(20)17(6-5-13(18)19)8-10-3-4-11(15)12(16)7-10/h3-4,7,9H,5-6,8H2,1-2H3,(H,18,19). The number of ether oxygens (including phenoxy) is 1. The number of carboxylic acid groups (broad SMARTS) is 1. The highest BCUT2D eigenvalue weighted by Gasteiger charge is 2.21. The maximum absolute atomic E-state index is 13.2. The topological polar surface area (TPSA) is 66.8 Å². The Morgan fingerprint density at radius 2 is 2.00 bits per heavy atom. The lowest BCUT2D eigenvalue weighted by Crippen LogP contribution is -2.39. The van der Waals surface area contributed by atoms with Crippen molar-refractivity contribution in [2.45, 2.75) is 26.0 Å². The first-order valence-electron chi connectivity index (χ1n) is 6.32. The number of hydrogen-bond acceptors (Lipinski definition) is 3. The van der Waals surface area contributed by atoms with Crippen LogP contribution in [-0.4, -0.2) is 41.6 Å². The van der Waals surface area contributed by atoms with Crippen molar-refractivity contribution < 1.29 is 28.2 Å². The van der Waals surface area contributed by atoms with E-state index < -0.39 is 29.6 Å². The molecule has 0 heterocycles. The van der Waals surface area contributed by atoms with E-state index in [9.17, 15) is 18.4 Å². The molecule has 0 saturated heterocycles. The highest BCUT2D eigenvalue weighted by Crippen LogP contribution is 2.12. The Kier molecular flexibility index (Phi) is 6.23. The van der Waals surface area contributed by atoms with Crippen molar-refractivity contribution in [3.05, 3.63) is 35.4 Å². The monoisotopic (exact) mass is 301 g/mol. The third-order valence-corrected chi connectivity index (χ3v) is 2.97. The lowest BCUT2D eigenvalue weighted by Gasteiger charge is -2.25. The van der Waals surface area contributed by atoms with Crippen molar-refractivity contribution in [1.29, 1.82) is 0 Å². The van der Waals surface area contributed by atoms with Crippen LogP contribution in [0.4, 0.5) is 8.78 Å². The van der Waals surface area contributed by atoms with E-state index >= 15 is 0 Å². The predicted molar refractivity (Wildman–Crippen MR) is 70.5 cm³/mol. The first-order chi connectivity index (χ1) is 9.85. The number of nitrogens with zero attached hydrogens (tertiary/aromatic N) is 1. The fourth-order valence-electron chi connectivity index (χ4n) is 1.71. The van der Waals surface area contributed by atoms with Crippen molar-refractivity contribution in [2.75, 3.05) is 13.7 Å². The van der Waals surface area contributed by atoms with Gasteiger partial charge in [0.25, 0.3) is 5.91 Å². The molecule has 0 aliphatic rings. The molecule has 0 aliphatic heterocycles. The molecule has 1 aromatic carbocycles. The summed E-state index contributed by atoms with van der Waals surface area (Å²) in [5.74, 6) is -3.46. The summed E-state index contributed by atoms with van der Waals surface area (Å²) in [5, 5.41) is 8.71. The summed E-state index contributed by atoms with van der Waals surface area (Å²) in [7, 11) is 1.36. The second kappa shape index (κ2) is 7.68. The molecule has 7 heteroatoms. The summed E-state index contributed by atoms with van der Waals surface area (Å²) in [6, 6.07) is 3.29. The maximum Gasteiger partial charge on any atom is 0.305 e. The van der Waals surface area contributed by atoms with Gasteiger partial charge in [-0.15, -0.1) is 0 Å². The summed E-state index contributed by atoms with van der Waals surface area (Å²) in [5.41, 5.74) is 0.371. The van der Waals surface area contributed by atoms with Crippen LogP contribution in [0.3, 0.4) is 0 Å². The van der Waals surface area contributed by atoms with Crippen LogP contribution in [0, 0.1) is 11.6 Å². The number of carbonyl (C=O) groups excluding carboxylic acids is 1. The molecule has 21 heavy (non-hydrogen) atoms. The third kappa shape index (κ3) is 5.11. The quantitative estimate of drug-likeness (QED) is 0.834. The Hall–Kier alpha value is -2.02. The second-order valence-electron chi connectivity index (χ2n) is 4.53. The van der Waals surface area contributed by atoms with Gasteiger partial charge in [0.2, 0.25) is 0 Å². The van der Waals surface area contributed by atoms with Crippen LogP contribution in [0.25, 0.3) is 0 Å². The smallest absolute Gasteiger partial charge is 0.305 e. The summed E-state index contributed by atoms with van der Waals surface area (Å²) < 4.78 is 31.0. The third-order valence-electron chi connectivity index (χ3n) is 2.97. The van der Waals surface area contributed by atoms with Gasteiger partial charge in [-0.2, -0.15) is 0 Å². The number of carbonyl (C=O) groups is 2. The number of methoxy groups -OCH3 is 1. The highest BCUT2D eigenvalue weighted by atomic mass is 19.2. The molecule has 1 atom stereocenters. The predicted octanol–water partition coefficient (Wildman–Crippen LogP) is 1.80. The molecular weight excluding hydrogens is 284 g/mol. The Morgan fingerprint density at radius 1 is 1.33 bits per heavy atom.